The van der Waals surface area contributed by atoms with Crippen LogP contribution in [0.2, 0.25) is 0 Å². The summed E-state index contributed by atoms with van der Waals surface area (Å²) in [4.78, 5) is 17.9. The van der Waals surface area contributed by atoms with Crippen molar-refractivity contribution in [3.05, 3.63) is 35.9 Å². The Morgan fingerprint density at radius 1 is 0.963 bits per heavy atom. The minimum atomic E-state index is 0.181. The van der Waals surface area contributed by atoms with Crippen molar-refractivity contribution < 1.29 is 4.79 Å². The summed E-state index contributed by atoms with van der Waals surface area (Å²) in [6, 6.07) is 11.6. The summed E-state index contributed by atoms with van der Waals surface area (Å²) in [5.41, 5.74) is 1.33. The average molecular weight is 372 g/mol. The summed E-state index contributed by atoms with van der Waals surface area (Å²) in [6.07, 6.45) is 7.18. The van der Waals surface area contributed by atoms with E-state index < -0.39 is 0 Å². The second-order valence-electron chi connectivity index (χ2n) is 8.53. The lowest BCUT2D eigenvalue weighted by Gasteiger charge is -2.35. The molecule has 1 N–H and O–H groups in total. The van der Waals surface area contributed by atoms with Crippen LogP contribution in [0.3, 0.4) is 0 Å². The Hall–Kier alpha value is -1.39. The van der Waals surface area contributed by atoms with Crippen molar-refractivity contribution >= 4 is 5.91 Å². The summed E-state index contributed by atoms with van der Waals surface area (Å²) in [7, 11) is 0. The molecular weight excluding hydrogens is 334 g/mol. The number of hydrogen-bond acceptors (Lipinski definition) is 3. The molecule has 0 spiro atoms. The molecule has 3 rings (SSSR count). The van der Waals surface area contributed by atoms with Gasteiger partial charge in [0.2, 0.25) is 5.91 Å². The topological polar surface area (TPSA) is 35.6 Å². The fourth-order valence-electron chi connectivity index (χ4n) is 4.56. The lowest BCUT2D eigenvalue weighted by Crippen LogP contribution is -2.45. The molecule has 0 aliphatic carbocycles. The van der Waals surface area contributed by atoms with Crippen molar-refractivity contribution in [1.82, 2.24) is 15.1 Å². The smallest absolute Gasteiger partial charge is 0.223 e. The van der Waals surface area contributed by atoms with E-state index in [1.54, 1.807) is 0 Å². The summed E-state index contributed by atoms with van der Waals surface area (Å²) in [5.74, 6) is 0.440. The second kappa shape index (κ2) is 10.2. The third kappa shape index (κ3) is 5.79. The van der Waals surface area contributed by atoms with E-state index in [0.717, 1.165) is 45.6 Å². The molecule has 0 saturated carbocycles. The highest BCUT2D eigenvalue weighted by atomic mass is 16.1. The van der Waals surface area contributed by atoms with Crippen LogP contribution in [0.15, 0.2) is 30.3 Å². The minimum Gasteiger partial charge on any atom is -0.354 e. The highest BCUT2D eigenvalue weighted by Gasteiger charge is 2.27. The minimum absolute atomic E-state index is 0.181. The van der Waals surface area contributed by atoms with Crippen molar-refractivity contribution in [3.8, 4) is 0 Å². The maximum absolute atomic E-state index is 12.8. The van der Waals surface area contributed by atoms with E-state index in [1.165, 1.54) is 31.2 Å². The first-order chi connectivity index (χ1) is 13.1. The predicted octanol–water partition coefficient (Wildman–Crippen LogP) is 3.84. The van der Waals surface area contributed by atoms with Gasteiger partial charge in [0.1, 0.15) is 0 Å². The largest absolute Gasteiger partial charge is 0.354 e. The number of carbonyl (C=O) groups is 1. The molecule has 0 aromatic heterocycles. The maximum atomic E-state index is 12.8. The Labute approximate surface area is 165 Å². The Balaban J connectivity index is 1.58. The molecule has 0 unspecified atom stereocenters. The van der Waals surface area contributed by atoms with Crippen LogP contribution in [-0.2, 0) is 4.79 Å². The van der Waals surface area contributed by atoms with Crippen molar-refractivity contribution in [2.24, 2.45) is 5.92 Å². The van der Waals surface area contributed by atoms with E-state index in [0.29, 0.717) is 12.1 Å². The Kier molecular flexibility index (Phi) is 7.71. The van der Waals surface area contributed by atoms with Gasteiger partial charge in [0, 0.05) is 18.5 Å². The molecule has 4 nitrogen and oxygen atoms in total. The molecular formula is C23H37N3O. The Bertz CT molecular complexity index is 558. The molecule has 2 aliphatic rings. The van der Waals surface area contributed by atoms with Crippen LogP contribution in [0.5, 0.6) is 0 Å². The number of amides is 1. The van der Waals surface area contributed by atoms with E-state index in [1.807, 2.05) is 0 Å². The van der Waals surface area contributed by atoms with Crippen LogP contribution in [0.4, 0.5) is 0 Å². The third-order valence-corrected chi connectivity index (χ3v) is 6.37. The summed E-state index contributed by atoms with van der Waals surface area (Å²) < 4.78 is 0. The zero-order valence-corrected chi connectivity index (χ0v) is 17.2. The third-order valence-electron chi connectivity index (χ3n) is 6.37. The maximum Gasteiger partial charge on any atom is 0.223 e. The van der Waals surface area contributed by atoms with Gasteiger partial charge in [-0.2, -0.15) is 0 Å². The standard InChI is InChI=1S/C23H37N3O/c1-19(2)25-16-12-21(13-17-25)23(27)24-18-22(20-10-6-5-7-11-20)26-14-8-3-4-9-15-26/h5-7,10-11,19,21-22H,3-4,8-9,12-18H2,1-2H3,(H,24,27)/t22-/m1/s1. The number of likely N-dealkylation sites (tertiary alicyclic amines) is 2. The lowest BCUT2D eigenvalue weighted by molar-refractivity contribution is -0.126. The zero-order valence-electron chi connectivity index (χ0n) is 17.2. The highest BCUT2D eigenvalue weighted by molar-refractivity contribution is 5.78. The number of nitrogens with one attached hydrogen (secondary N) is 1. The molecule has 4 heteroatoms. The van der Waals surface area contributed by atoms with Gasteiger partial charge in [-0.15, -0.1) is 0 Å². The normalized spacial score (nSPS) is 21.7. The van der Waals surface area contributed by atoms with Gasteiger partial charge >= 0.3 is 0 Å². The fraction of sp³-hybridized carbons (Fsp3) is 0.696. The molecule has 1 amide bonds. The number of piperidine rings is 1. The van der Waals surface area contributed by atoms with Gasteiger partial charge < -0.3 is 10.2 Å². The molecule has 1 aromatic carbocycles. The molecule has 2 heterocycles. The molecule has 2 saturated heterocycles. The molecule has 1 aromatic rings. The quantitative estimate of drug-likeness (QED) is 0.825. The van der Waals surface area contributed by atoms with Crippen molar-refractivity contribution in [1.29, 1.82) is 0 Å². The van der Waals surface area contributed by atoms with Gasteiger partial charge in [-0.1, -0.05) is 43.2 Å². The molecule has 2 fully saturated rings. The first-order valence-electron chi connectivity index (χ1n) is 11.0. The van der Waals surface area contributed by atoms with E-state index in [2.05, 4.69) is 59.3 Å². The van der Waals surface area contributed by atoms with Crippen LogP contribution in [0, 0.1) is 5.92 Å². The summed E-state index contributed by atoms with van der Waals surface area (Å²) in [5, 5.41) is 3.31. The van der Waals surface area contributed by atoms with Crippen molar-refractivity contribution in [3.63, 3.8) is 0 Å². The van der Waals surface area contributed by atoms with Crippen LogP contribution in [0.1, 0.15) is 64.0 Å². The molecule has 27 heavy (non-hydrogen) atoms. The average Bonchev–Trinajstić information content (AvgIpc) is 2.98. The SMILES string of the molecule is CC(C)N1CCC(C(=O)NC[C@H](c2ccccc2)N2CCCCCC2)CC1. The molecule has 2 aliphatic heterocycles. The lowest BCUT2D eigenvalue weighted by atomic mass is 9.95. The van der Waals surface area contributed by atoms with E-state index in [4.69, 9.17) is 0 Å². The van der Waals surface area contributed by atoms with Gasteiger partial charge in [0.05, 0.1) is 6.04 Å². The zero-order chi connectivity index (χ0) is 19.1. The number of hydrogen-bond donors (Lipinski definition) is 1. The monoisotopic (exact) mass is 371 g/mol. The van der Waals surface area contributed by atoms with Crippen molar-refractivity contribution in [2.75, 3.05) is 32.7 Å². The first-order valence-corrected chi connectivity index (χ1v) is 11.0. The number of rotatable bonds is 6. The number of benzene rings is 1. The van der Waals surface area contributed by atoms with E-state index in [-0.39, 0.29) is 11.8 Å². The summed E-state index contributed by atoms with van der Waals surface area (Å²) >= 11 is 0. The first kappa shape index (κ1) is 20.3. The Morgan fingerprint density at radius 2 is 1.59 bits per heavy atom. The number of nitrogens with zero attached hydrogens (tertiary/aromatic N) is 2. The van der Waals surface area contributed by atoms with Gasteiger partial charge in [-0.25, -0.2) is 0 Å². The fourth-order valence-corrected chi connectivity index (χ4v) is 4.56. The van der Waals surface area contributed by atoms with E-state index >= 15 is 0 Å². The highest BCUT2D eigenvalue weighted by Crippen LogP contribution is 2.24. The predicted molar refractivity (Wildman–Crippen MR) is 112 cm³/mol. The van der Waals surface area contributed by atoms with Crippen LogP contribution in [-0.4, -0.2) is 54.5 Å². The number of carbonyl (C=O) groups excluding carboxylic acids is 1. The van der Waals surface area contributed by atoms with Gasteiger partial charge in [-0.05, 0) is 71.3 Å². The van der Waals surface area contributed by atoms with Crippen LogP contribution < -0.4 is 5.32 Å². The summed E-state index contributed by atoms with van der Waals surface area (Å²) in [6.45, 7) is 9.59. The molecule has 150 valence electrons. The van der Waals surface area contributed by atoms with Crippen molar-refractivity contribution in [2.45, 2.75) is 64.5 Å². The second-order valence-corrected chi connectivity index (χ2v) is 8.53. The van der Waals surface area contributed by atoms with Gasteiger partial charge in [-0.3, -0.25) is 9.69 Å². The van der Waals surface area contributed by atoms with Crippen LogP contribution >= 0.6 is 0 Å². The Morgan fingerprint density at radius 3 is 2.19 bits per heavy atom. The van der Waals surface area contributed by atoms with Crippen LogP contribution in [0.25, 0.3) is 0 Å². The van der Waals surface area contributed by atoms with Gasteiger partial charge in [0.25, 0.3) is 0 Å². The molecule has 0 radical (unpaired) electrons. The molecule has 1 atom stereocenters. The van der Waals surface area contributed by atoms with E-state index in [9.17, 15) is 4.79 Å². The van der Waals surface area contributed by atoms with Gasteiger partial charge in [0.15, 0.2) is 0 Å². The molecule has 0 bridgehead atoms.